The maximum absolute atomic E-state index is 13.2. The van der Waals surface area contributed by atoms with Gasteiger partial charge in [0.1, 0.15) is 0 Å². The molecule has 0 bridgehead atoms. The first-order chi connectivity index (χ1) is 9.97. The molecule has 0 unspecified atom stereocenters. The summed E-state index contributed by atoms with van der Waals surface area (Å²) in [6.45, 7) is 0.627. The minimum absolute atomic E-state index is 0. The van der Waals surface area contributed by atoms with Crippen LogP contribution in [0.1, 0.15) is 30.9 Å². The highest BCUT2D eigenvalue weighted by atomic mass is 35.5. The van der Waals surface area contributed by atoms with Crippen LogP contribution in [0.4, 0.5) is 13.2 Å². The molecule has 1 saturated heterocycles. The van der Waals surface area contributed by atoms with Gasteiger partial charge in [0.05, 0.1) is 19.3 Å². The van der Waals surface area contributed by atoms with E-state index in [0.717, 1.165) is 12.1 Å². The van der Waals surface area contributed by atoms with Crippen molar-refractivity contribution >= 4 is 18.4 Å². The van der Waals surface area contributed by atoms with Crippen molar-refractivity contribution in [2.45, 2.75) is 31.3 Å². The Morgan fingerprint density at radius 1 is 1.27 bits per heavy atom. The van der Waals surface area contributed by atoms with E-state index in [1.165, 1.54) is 0 Å². The minimum Gasteiger partial charge on any atom is -0.481 e. The SMILES string of the molecule is Cl.O=C(O)CCC[C@@H]1COC[C@H](c2cc(F)c(F)c(F)c2)N1. The molecule has 1 aliphatic heterocycles. The summed E-state index contributed by atoms with van der Waals surface area (Å²) in [6, 6.07) is 1.34. The molecule has 0 aromatic heterocycles. The first kappa shape index (κ1) is 18.7. The van der Waals surface area contributed by atoms with E-state index in [9.17, 15) is 18.0 Å². The van der Waals surface area contributed by atoms with Gasteiger partial charge in [-0.15, -0.1) is 12.4 Å². The van der Waals surface area contributed by atoms with Crippen LogP contribution in [0.3, 0.4) is 0 Å². The van der Waals surface area contributed by atoms with Gasteiger partial charge in [0.25, 0.3) is 0 Å². The molecule has 0 aliphatic carbocycles. The van der Waals surface area contributed by atoms with Crippen LogP contribution in [-0.2, 0) is 9.53 Å². The van der Waals surface area contributed by atoms with Crippen LogP contribution in [0.5, 0.6) is 0 Å². The molecule has 124 valence electrons. The third-order valence-electron chi connectivity index (χ3n) is 3.39. The highest BCUT2D eigenvalue weighted by Gasteiger charge is 2.24. The molecular weight excluding hydrogens is 323 g/mol. The predicted molar refractivity (Wildman–Crippen MR) is 75.5 cm³/mol. The Morgan fingerprint density at radius 2 is 1.91 bits per heavy atom. The molecular formula is C14H17ClF3NO3. The number of nitrogens with one attached hydrogen (secondary N) is 1. The molecule has 1 aromatic rings. The van der Waals surface area contributed by atoms with Crippen molar-refractivity contribution in [3.63, 3.8) is 0 Å². The smallest absolute Gasteiger partial charge is 0.303 e. The molecule has 1 aliphatic rings. The molecule has 8 heteroatoms. The lowest BCUT2D eigenvalue weighted by atomic mass is 10.0. The van der Waals surface area contributed by atoms with E-state index in [4.69, 9.17) is 9.84 Å². The summed E-state index contributed by atoms with van der Waals surface area (Å²) in [5.41, 5.74) is 0.273. The molecule has 2 N–H and O–H groups in total. The van der Waals surface area contributed by atoms with Gasteiger partial charge in [0.15, 0.2) is 17.5 Å². The lowest BCUT2D eigenvalue weighted by Crippen LogP contribution is -2.43. The Balaban J connectivity index is 0.00000242. The fraction of sp³-hybridized carbons (Fsp3) is 0.500. The van der Waals surface area contributed by atoms with Gasteiger partial charge in [-0.05, 0) is 30.5 Å². The average Bonchev–Trinajstić information content (AvgIpc) is 2.44. The third-order valence-corrected chi connectivity index (χ3v) is 3.39. The molecule has 1 aromatic carbocycles. The quantitative estimate of drug-likeness (QED) is 0.810. The zero-order valence-corrected chi connectivity index (χ0v) is 12.5. The van der Waals surface area contributed by atoms with E-state index in [-0.39, 0.29) is 37.0 Å². The van der Waals surface area contributed by atoms with Crippen molar-refractivity contribution in [3.8, 4) is 0 Å². The monoisotopic (exact) mass is 339 g/mol. The number of halogens is 4. The van der Waals surface area contributed by atoms with Gasteiger partial charge in [-0.25, -0.2) is 13.2 Å². The first-order valence-corrected chi connectivity index (χ1v) is 6.67. The average molecular weight is 340 g/mol. The number of rotatable bonds is 5. The van der Waals surface area contributed by atoms with Crippen LogP contribution < -0.4 is 5.32 Å². The minimum atomic E-state index is -1.49. The van der Waals surface area contributed by atoms with Gasteiger partial charge >= 0.3 is 5.97 Å². The number of hydrogen-bond donors (Lipinski definition) is 2. The Hall–Kier alpha value is -1.31. The number of ether oxygens (including phenoxy) is 1. The largest absolute Gasteiger partial charge is 0.481 e. The second-order valence-corrected chi connectivity index (χ2v) is 5.04. The number of hydrogen-bond acceptors (Lipinski definition) is 3. The molecule has 22 heavy (non-hydrogen) atoms. The Bertz CT molecular complexity index is 507. The molecule has 0 spiro atoms. The van der Waals surface area contributed by atoms with E-state index in [0.29, 0.717) is 19.4 Å². The zero-order chi connectivity index (χ0) is 15.4. The van der Waals surface area contributed by atoms with Gasteiger partial charge in [-0.1, -0.05) is 0 Å². The highest BCUT2D eigenvalue weighted by molar-refractivity contribution is 5.85. The van der Waals surface area contributed by atoms with Gasteiger partial charge in [0.2, 0.25) is 0 Å². The van der Waals surface area contributed by atoms with Crippen LogP contribution >= 0.6 is 12.4 Å². The fourth-order valence-electron chi connectivity index (χ4n) is 2.34. The predicted octanol–water partition coefficient (Wildman–Crippen LogP) is 2.81. The summed E-state index contributed by atoms with van der Waals surface area (Å²) >= 11 is 0. The summed E-state index contributed by atoms with van der Waals surface area (Å²) in [5.74, 6) is -4.83. The summed E-state index contributed by atoms with van der Waals surface area (Å²) in [4.78, 5) is 10.5. The van der Waals surface area contributed by atoms with E-state index < -0.39 is 29.5 Å². The standard InChI is InChI=1S/C14H16F3NO3.ClH/c15-10-4-8(5-11(16)14(10)17)12-7-21-6-9(18-12)2-1-3-13(19)20;/h4-5,9,12,18H,1-3,6-7H2,(H,19,20);1H/t9-,12-;/m1./s1. The number of benzene rings is 1. The molecule has 0 amide bonds. The Labute approximate surface area is 132 Å². The molecule has 1 fully saturated rings. The van der Waals surface area contributed by atoms with Gasteiger partial charge in [-0.3, -0.25) is 4.79 Å². The van der Waals surface area contributed by atoms with Gasteiger partial charge in [0, 0.05) is 12.5 Å². The Kier molecular flexibility index (Phi) is 7.12. The second-order valence-electron chi connectivity index (χ2n) is 5.04. The van der Waals surface area contributed by atoms with Crippen LogP contribution in [-0.4, -0.2) is 30.3 Å². The van der Waals surface area contributed by atoms with E-state index in [2.05, 4.69) is 5.32 Å². The van der Waals surface area contributed by atoms with E-state index in [1.807, 2.05) is 0 Å². The van der Waals surface area contributed by atoms with Crippen molar-refractivity contribution in [1.29, 1.82) is 0 Å². The van der Waals surface area contributed by atoms with Crippen LogP contribution in [0.25, 0.3) is 0 Å². The van der Waals surface area contributed by atoms with Crippen LogP contribution in [0, 0.1) is 17.5 Å². The van der Waals surface area contributed by atoms with E-state index >= 15 is 0 Å². The number of carbonyl (C=O) groups is 1. The number of aliphatic carboxylic acids is 1. The van der Waals surface area contributed by atoms with Crippen molar-refractivity contribution in [2.24, 2.45) is 0 Å². The summed E-state index contributed by atoms with van der Waals surface area (Å²) in [6.07, 6.45) is 1.12. The number of carboxylic acids is 1. The molecule has 1 heterocycles. The highest BCUT2D eigenvalue weighted by Crippen LogP contribution is 2.23. The van der Waals surface area contributed by atoms with Gasteiger partial charge < -0.3 is 15.2 Å². The second kappa shape index (κ2) is 8.36. The first-order valence-electron chi connectivity index (χ1n) is 6.67. The topological polar surface area (TPSA) is 58.6 Å². The van der Waals surface area contributed by atoms with Crippen LogP contribution in [0.15, 0.2) is 12.1 Å². The normalized spacial score (nSPS) is 21.2. The maximum atomic E-state index is 13.2. The number of morpholine rings is 1. The van der Waals surface area contributed by atoms with Crippen molar-refractivity contribution in [2.75, 3.05) is 13.2 Å². The molecule has 4 nitrogen and oxygen atoms in total. The molecule has 2 rings (SSSR count). The molecule has 0 radical (unpaired) electrons. The van der Waals surface area contributed by atoms with E-state index in [1.54, 1.807) is 0 Å². The summed E-state index contributed by atoms with van der Waals surface area (Å²) < 4.78 is 44.8. The zero-order valence-electron chi connectivity index (χ0n) is 11.7. The lowest BCUT2D eigenvalue weighted by Gasteiger charge is -2.31. The van der Waals surface area contributed by atoms with Crippen molar-refractivity contribution in [3.05, 3.63) is 35.1 Å². The summed E-state index contributed by atoms with van der Waals surface area (Å²) in [7, 11) is 0. The molecule has 2 atom stereocenters. The van der Waals surface area contributed by atoms with Crippen molar-refractivity contribution < 1.29 is 27.8 Å². The van der Waals surface area contributed by atoms with Crippen molar-refractivity contribution in [1.82, 2.24) is 5.32 Å². The Morgan fingerprint density at radius 3 is 2.50 bits per heavy atom. The summed E-state index contributed by atoms with van der Waals surface area (Å²) in [5, 5.41) is 11.7. The number of carboxylic acid groups (broad SMARTS) is 1. The third kappa shape index (κ3) is 4.86. The van der Waals surface area contributed by atoms with Crippen LogP contribution in [0.2, 0.25) is 0 Å². The molecule has 0 saturated carbocycles. The van der Waals surface area contributed by atoms with Gasteiger partial charge in [-0.2, -0.15) is 0 Å². The maximum Gasteiger partial charge on any atom is 0.303 e. The lowest BCUT2D eigenvalue weighted by molar-refractivity contribution is -0.137. The fourth-order valence-corrected chi connectivity index (χ4v) is 2.34.